The summed E-state index contributed by atoms with van der Waals surface area (Å²) in [4.78, 5) is 4.56. The first-order valence-corrected chi connectivity index (χ1v) is 6.14. The van der Waals surface area contributed by atoms with Crippen LogP contribution in [0.25, 0.3) is 23.1 Å². The van der Waals surface area contributed by atoms with Crippen molar-refractivity contribution in [1.82, 2.24) is 4.98 Å². The van der Waals surface area contributed by atoms with E-state index in [-0.39, 0.29) is 18.2 Å². The maximum Gasteiger partial charge on any atom is 0.116 e. The van der Waals surface area contributed by atoms with Crippen molar-refractivity contribution in [3.63, 3.8) is 0 Å². The summed E-state index contributed by atoms with van der Waals surface area (Å²) in [7, 11) is 0. The highest BCUT2D eigenvalue weighted by molar-refractivity contribution is 5.85. The number of hydrogen-bond acceptors (Lipinski definition) is 2. The van der Waals surface area contributed by atoms with Crippen molar-refractivity contribution in [2.24, 2.45) is 0 Å². The Kier molecular flexibility index (Phi) is 4.38. The molecule has 1 N–H and O–H groups in total. The first-order valence-electron chi connectivity index (χ1n) is 6.14. The zero-order chi connectivity index (χ0) is 13.1. The number of para-hydroxylation sites is 1. The van der Waals surface area contributed by atoms with Gasteiger partial charge in [0.15, 0.2) is 0 Å². The zero-order valence-electron chi connectivity index (χ0n) is 10.7. The molecule has 0 radical (unpaired) electrons. The Morgan fingerprint density at radius 3 is 2.55 bits per heavy atom. The molecule has 0 amide bonds. The molecule has 0 atom stereocenters. The minimum Gasteiger partial charge on any atom is -0.508 e. The van der Waals surface area contributed by atoms with E-state index < -0.39 is 0 Å². The van der Waals surface area contributed by atoms with E-state index in [1.807, 2.05) is 54.6 Å². The van der Waals surface area contributed by atoms with Gasteiger partial charge < -0.3 is 5.11 Å². The van der Waals surface area contributed by atoms with Crippen LogP contribution in [0.1, 0.15) is 11.3 Å². The molecule has 0 fully saturated rings. The molecule has 0 bridgehead atoms. The van der Waals surface area contributed by atoms with Crippen molar-refractivity contribution >= 4 is 35.5 Å². The Balaban J connectivity index is 0.00000147. The summed E-state index contributed by atoms with van der Waals surface area (Å²) in [6.45, 7) is 0. The topological polar surface area (TPSA) is 33.1 Å². The van der Waals surface area contributed by atoms with Crippen molar-refractivity contribution < 1.29 is 5.11 Å². The highest BCUT2D eigenvalue weighted by atomic mass is 35.5. The Morgan fingerprint density at radius 1 is 0.850 bits per heavy atom. The molecule has 0 aliphatic heterocycles. The summed E-state index contributed by atoms with van der Waals surface area (Å²) < 4.78 is 0. The molecule has 3 rings (SSSR count). The van der Waals surface area contributed by atoms with Gasteiger partial charge in [-0.2, -0.15) is 0 Å². The van der Waals surface area contributed by atoms with E-state index >= 15 is 0 Å². The molecule has 0 aliphatic carbocycles. The molecular weight excluding hydrogens is 270 g/mol. The average molecular weight is 284 g/mol. The maximum atomic E-state index is 9.40. The van der Waals surface area contributed by atoms with Gasteiger partial charge in [-0.05, 0) is 35.9 Å². The van der Waals surface area contributed by atoms with E-state index in [9.17, 15) is 5.11 Å². The molecule has 0 saturated carbocycles. The van der Waals surface area contributed by atoms with E-state index in [1.165, 1.54) is 0 Å². The molecule has 20 heavy (non-hydrogen) atoms. The molecule has 100 valence electrons. The number of pyridine rings is 1. The van der Waals surface area contributed by atoms with Gasteiger partial charge in [-0.3, -0.25) is 0 Å². The average Bonchev–Trinajstić information content (AvgIpc) is 2.45. The number of benzene rings is 2. The lowest BCUT2D eigenvalue weighted by molar-refractivity contribution is 0.475. The fourth-order valence-electron chi connectivity index (χ4n) is 1.98. The third-order valence-electron chi connectivity index (χ3n) is 2.94. The zero-order valence-corrected chi connectivity index (χ0v) is 11.5. The molecule has 3 heteroatoms. The Bertz CT molecular complexity index is 753. The van der Waals surface area contributed by atoms with Gasteiger partial charge in [0, 0.05) is 5.39 Å². The highest BCUT2D eigenvalue weighted by Crippen LogP contribution is 2.15. The van der Waals surface area contributed by atoms with E-state index in [0.717, 1.165) is 22.2 Å². The lowest BCUT2D eigenvalue weighted by Gasteiger charge is -1.99. The largest absolute Gasteiger partial charge is 0.508 e. The predicted molar refractivity (Wildman–Crippen MR) is 86.0 cm³/mol. The van der Waals surface area contributed by atoms with Gasteiger partial charge in [-0.15, -0.1) is 12.4 Å². The minimum atomic E-state index is 0. The number of nitrogens with zero attached hydrogens (tertiary/aromatic N) is 1. The summed E-state index contributed by atoms with van der Waals surface area (Å²) in [5, 5.41) is 10.5. The van der Waals surface area contributed by atoms with Crippen LogP contribution in [-0.4, -0.2) is 10.1 Å². The van der Waals surface area contributed by atoms with E-state index in [1.54, 1.807) is 12.1 Å². The molecule has 2 nitrogen and oxygen atoms in total. The van der Waals surface area contributed by atoms with E-state index in [4.69, 9.17) is 0 Å². The van der Waals surface area contributed by atoms with Crippen LogP contribution in [0, 0.1) is 0 Å². The van der Waals surface area contributed by atoms with Crippen LogP contribution in [0.5, 0.6) is 5.75 Å². The fraction of sp³-hybridized carbons (Fsp3) is 0. The number of phenols is 1. The summed E-state index contributed by atoms with van der Waals surface area (Å²) in [6.07, 6.45) is 3.89. The molecule has 0 aliphatic rings. The summed E-state index contributed by atoms with van der Waals surface area (Å²) >= 11 is 0. The van der Waals surface area contributed by atoms with Gasteiger partial charge >= 0.3 is 0 Å². The van der Waals surface area contributed by atoms with Crippen molar-refractivity contribution in [1.29, 1.82) is 0 Å². The number of aromatic nitrogens is 1. The van der Waals surface area contributed by atoms with E-state index in [0.29, 0.717) is 0 Å². The van der Waals surface area contributed by atoms with Crippen molar-refractivity contribution in [3.05, 3.63) is 71.9 Å². The normalized spacial score (nSPS) is 10.6. The number of fused-ring (bicyclic) bond motifs is 1. The molecule has 2 aromatic carbocycles. The summed E-state index contributed by atoms with van der Waals surface area (Å²) in [5.74, 6) is 0.272. The standard InChI is InChI=1S/C17H13NO.ClH/c19-16-6-3-4-13(12-16)8-10-15-11-9-14-5-1-2-7-17(14)18-15;/h1-12,19H;1H/b10-8+;. The van der Waals surface area contributed by atoms with Crippen molar-refractivity contribution in [2.75, 3.05) is 0 Å². The molecule has 1 aromatic heterocycles. The second kappa shape index (κ2) is 6.22. The van der Waals surface area contributed by atoms with Gasteiger partial charge in [0.25, 0.3) is 0 Å². The Hall–Kier alpha value is -2.32. The van der Waals surface area contributed by atoms with Crippen molar-refractivity contribution in [2.45, 2.75) is 0 Å². The first-order chi connectivity index (χ1) is 9.31. The second-order valence-corrected chi connectivity index (χ2v) is 4.36. The number of rotatable bonds is 2. The lowest BCUT2D eigenvalue weighted by Crippen LogP contribution is -1.82. The van der Waals surface area contributed by atoms with Gasteiger partial charge in [-0.1, -0.05) is 42.5 Å². The number of hydrogen-bond donors (Lipinski definition) is 1. The highest BCUT2D eigenvalue weighted by Gasteiger charge is 1.95. The van der Waals surface area contributed by atoms with Crippen LogP contribution in [0.15, 0.2) is 60.7 Å². The lowest BCUT2D eigenvalue weighted by atomic mass is 10.1. The molecule has 1 heterocycles. The number of phenolic OH excluding ortho intramolecular Hbond substituents is 1. The van der Waals surface area contributed by atoms with Crippen LogP contribution in [-0.2, 0) is 0 Å². The van der Waals surface area contributed by atoms with Crippen LogP contribution < -0.4 is 0 Å². The smallest absolute Gasteiger partial charge is 0.116 e. The van der Waals surface area contributed by atoms with Crippen LogP contribution >= 0.6 is 12.4 Å². The summed E-state index contributed by atoms with van der Waals surface area (Å²) in [5.41, 5.74) is 2.84. The van der Waals surface area contributed by atoms with E-state index in [2.05, 4.69) is 11.1 Å². The summed E-state index contributed by atoms with van der Waals surface area (Å²) in [6, 6.07) is 19.2. The molecule has 3 aromatic rings. The molecule has 0 saturated heterocycles. The third kappa shape index (κ3) is 3.16. The maximum absolute atomic E-state index is 9.40. The molecular formula is C17H14ClNO. The van der Waals surface area contributed by atoms with Crippen LogP contribution in [0.4, 0.5) is 0 Å². The van der Waals surface area contributed by atoms with Gasteiger partial charge in [0.2, 0.25) is 0 Å². The third-order valence-corrected chi connectivity index (χ3v) is 2.94. The Morgan fingerprint density at radius 2 is 1.70 bits per heavy atom. The molecule has 0 unspecified atom stereocenters. The predicted octanol–water partition coefficient (Wildman–Crippen LogP) is 4.53. The SMILES string of the molecule is Cl.Oc1cccc(/C=C/c2ccc3ccccc3n2)c1. The van der Waals surface area contributed by atoms with Gasteiger partial charge in [0.05, 0.1) is 11.2 Å². The van der Waals surface area contributed by atoms with Gasteiger partial charge in [0.1, 0.15) is 5.75 Å². The van der Waals surface area contributed by atoms with Crippen molar-refractivity contribution in [3.8, 4) is 5.75 Å². The first kappa shape index (κ1) is 14.1. The number of halogens is 1. The second-order valence-electron chi connectivity index (χ2n) is 4.36. The fourth-order valence-corrected chi connectivity index (χ4v) is 1.98. The Labute approximate surface area is 123 Å². The quantitative estimate of drug-likeness (QED) is 0.749. The number of aromatic hydroxyl groups is 1. The monoisotopic (exact) mass is 283 g/mol. The molecule has 0 spiro atoms. The van der Waals surface area contributed by atoms with Crippen LogP contribution in [0.3, 0.4) is 0 Å². The van der Waals surface area contributed by atoms with Gasteiger partial charge in [-0.25, -0.2) is 4.98 Å². The minimum absolute atomic E-state index is 0. The van der Waals surface area contributed by atoms with Crippen LogP contribution in [0.2, 0.25) is 0 Å².